The minimum atomic E-state index is -0.468. The van der Waals surface area contributed by atoms with Crippen molar-refractivity contribution in [3.63, 3.8) is 0 Å². The Labute approximate surface area is 140 Å². The molecule has 23 heavy (non-hydrogen) atoms. The fourth-order valence-electron chi connectivity index (χ4n) is 2.87. The standard InChI is InChI=1S/C15H11ClN4O2S/c16-10-6-8(20(21)22)4-5-11(10)19-14-13-9-2-1-3-12(9)23-15(13)18-7-17-14/h4-7H,1-3H2,(H,17,18,19). The molecule has 0 unspecified atom stereocenters. The molecule has 2 heterocycles. The predicted molar refractivity (Wildman–Crippen MR) is 90.8 cm³/mol. The number of aryl methyl sites for hydroxylation is 2. The van der Waals surface area contributed by atoms with E-state index in [1.54, 1.807) is 17.4 Å². The summed E-state index contributed by atoms with van der Waals surface area (Å²) in [5.41, 5.74) is 1.87. The van der Waals surface area contributed by atoms with Gasteiger partial charge >= 0.3 is 0 Å². The number of nitrogens with zero attached hydrogens (tertiary/aromatic N) is 3. The molecule has 4 rings (SSSR count). The van der Waals surface area contributed by atoms with Crippen LogP contribution in [0.15, 0.2) is 24.5 Å². The van der Waals surface area contributed by atoms with Gasteiger partial charge in [0.25, 0.3) is 5.69 Å². The Balaban J connectivity index is 1.78. The van der Waals surface area contributed by atoms with Crippen LogP contribution in [-0.2, 0) is 12.8 Å². The first-order valence-electron chi connectivity index (χ1n) is 7.09. The van der Waals surface area contributed by atoms with E-state index in [4.69, 9.17) is 11.6 Å². The molecule has 0 bridgehead atoms. The molecule has 1 aliphatic carbocycles. The summed E-state index contributed by atoms with van der Waals surface area (Å²) in [4.78, 5) is 21.4. The third kappa shape index (κ3) is 2.42. The number of nitro benzene ring substituents is 1. The second kappa shape index (κ2) is 5.43. The lowest BCUT2D eigenvalue weighted by Gasteiger charge is -2.09. The van der Waals surface area contributed by atoms with Crippen molar-refractivity contribution in [1.29, 1.82) is 0 Å². The minimum absolute atomic E-state index is 0.0372. The van der Waals surface area contributed by atoms with Gasteiger partial charge in [-0.05, 0) is 30.9 Å². The van der Waals surface area contributed by atoms with Crippen molar-refractivity contribution >= 4 is 50.3 Å². The molecule has 0 saturated heterocycles. The Morgan fingerprint density at radius 3 is 2.96 bits per heavy atom. The van der Waals surface area contributed by atoms with Crippen molar-refractivity contribution in [2.45, 2.75) is 19.3 Å². The predicted octanol–water partition coefficient (Wildman–Crippen LogP) is 4.49. The third-order valence-electron chi connectivity index (χ3n) is 3.92. The van der Waals surface area contributed by atoms with E-state index >= 15 is 0 Å². The summed E-state index contributed by atoms with van der Waals surface area (Å²) < 4.78 is 0. The molecule has 6 nitrogen and oxygen atoms in total. The van der Waals surface area contributed by atoms with Crippen LogP contribution in [0.2, 0.25) is 5.02 Å². The Hall–Kier alpha value is -2.25. The van der Waals surface area contributed by atoms with Gasteiger partial charge in [0.2, 0.25) is 0 Å². The van der Waals surface area contributed by atoms with E-state index in [1.165, 1.54) is 28.9 Å². The van der Waals surface area contributed by atoms with Crippen molar-refractivity contribution in [3.05, 3.63) is 50.1 Å². The molecule has 0 spiro atoms. The molecular formula is C15H11ClN4O2S. The highest BCUT2D eigenvalue weighted by Crippen LogP contribution is 2.40. The van der Waals surface area contributed by atoms with Crippen molar-refractivity contribution in [1.82, 2.24) is 9.97 Å². The maximum Gasteiger partial charge on any atom is 0.271 e. The molecule has 1 N–H and O–H groups in total. The van der Waals surface area contributed by atoms with Crippen LogP contribution in [0.25, 0.3) is 10.2 Å². The quantitative estimate of drug-likeness (QED) is 0.558. The molecule has 1 aliphatic rings. The van der Waals surface area contributed by atoms with Gasteiger partial charge in [-0.2, -0.15) is 0 Å². The van der Waals surface area contributed by atoms with E-state index in [0.717, 1.165) is 29.5 Å². The number of benzene rings is 1. The van der Waals surface area contributed by atoms with Gasteiger partial charge in [0, 0.05) is 17.0 Å². The molecule has 0 atom stereocenters. The summed E-state index contributed by atoms with van der Waals surface area (Å²) >= 11 is 7.87. The van der Waals surface area contributed by atoms with Crippen molar-refractivity contribution < 1.29 is 4.92 Å². The largest absolute Gasteiger partial charge is 0.338 e. The molecule has 116 valence electrons. The van der Waals surface area contributed by atoms with E-state index < -0.39 is 4.92 Å². The highest BCUT2D eigenvalue weighted by molar-refractivity contribution is 7.19. The first kappa shape index (κ1) is 14.3. The van der Waals surface area contributed by atoms with Crippen molar-refractivity contribution in [3.8, 4) is 0 Å². The van der Waals surface area contributed by atoms with Crippen LogP contribution in [0.5, 0.6) is 0 Å². The van der Waals surface area contributed by atoms with Crippen LogP contribution in [0.1, 0.15) is 16.9 Å². The number of aromatic nitrogens is 2. The van der Waals surface area contributed by atoms with Gasteiger partial charge in [-0.3, -0.25) is 10.1 Å². The molecule has 1 aromatic carbocycles. The molecule has 8 heteroatoms. The van der Waals surface area contributed by atoms with Crippen LogP contribution < -0.4 is 5.32 Å². The lowest BCUT2D eigenvalue weighted by Crippen LogP contribution is -1.97. The number of non-ortho nitro benzene ring substituents is 1. The van der Waals surface area contributed by atoms with Gasteiger partial charge in [0.15, 0.2) is 0 Å². The smallest absolute Gasteiger partial charge is 0.271 e. The second-order valence-corrected chi connectivity index (χ2v) is 6.80. The van der Waals surface area contributed by atoms with E-state index in [0.29, 0.717) is 11.5 Å². The SMILES string of the molecule is O=[N+]([O-])c1ccc(Nc2ncnc3sc4c(c23)CCC4)c(Cl)c1. The zero-order valence-corrected chi connectivity index (χ0v) is 13.4. The summed E-state index contributed by atoms with van der Waals surface area (Å²) in [6, 6.07) is 4.35. The van der Waals surface area contributed by atoms with Crippen LogP contribution >= 0.6 is 22.9 Å². The number of rotatable bonds is 3. The normalized spacial score (nSPS) is 13.3. The number of halogens is 1. The molecule has 0 fully saturated rings. The Bertz CT molecular complexity index is 941. The Morgan fingerprint density at radius 2 is 2.17 bits per heavy atom. The monoisotopic (exact) mass is 346 g/mol. The van der Waals surface area contributed by atoms with Gasteiger partial charge < -0.3 is 5.32 Å². The number of fused-ring (bicyclic) bond motifs is 3. The average Bonchev–Trinajstić information content (AvgIpc) is 3.09. The van der Waals surface area contributed by atoms with Crippen LogP contribution in [0, 0.1) is 10.1 Å². The van der Waals surface area contributed by atoms with Crippen LogP contribution in [-0.4, -0.2) is 14.9 Å². The molecule has 0 aliphatic heterocycles. The Kier molecular flexibility index (Phi) is 3.39. The third-order valence-corrected chi connectivity index (χ3v) is 5.43. The number of anilines is 2. The van der Waals surface area contributed by atoms with Gasteiger partial charge in [0.1, 0.15) is 17.0 Å². The highest BCUT2D eigenvalue weighted by atomic mass is 35.5. The fourth-order valence-corrected chi connectivity index (χ4v) is 4.32. The van der Waals surface area contributed by atoms with E-state index in [-0.39, 0.29) is 10.7 Å². The van der Waals surface area contributed by atoms with Gasteiger partial charge in [0.05, 0.1) is 21.0 Å². The van der Waals surface area contributed by atoms with Crippen LogP contribution in [0.4, 0.5) is 17.2 Å². The molecular weight excluding hydrogens is 336 g/mol. The van der Waals surface area contributed by atoms with Crippen molar-refractivity contribution in [2.24, 2.45) is 0 Å². The maximum absolute atomic E-state index is 10.8. The first-order valence-corrected chi connectivity index (χ1v) is 8.29. The number of nitrogens with one attached hydrogen (secondary N) is 1. The lowest BCUT2D eigenvalue weighted by atomic mass is 10.2. The summed E-state index contributed by atoms with van der Waals surface area (Å²) in [5.74, 6) is 0.699. The zero-order chi connectivity index (χ0) is 16.0. The van der Waals surface area contributed by atoms with E-state index in [1.807, 2.05) is 0 Å². The first-order chi connectivity index (χ1) is 11.1. The van der Waals surface area contributed by atoms with Crippen molar-refractivity contribution in [2.75, 3.05) is 5.32 Å². The summed E-state index contributed by atoms with van der Waals surface area (Å²) in [6.45, 7) is 0. The number of hydrogen-bond donors (Lipinski definition) is 1. The fraction of sp³-hybridized carbons (Fsp3) is 0.200. The summed E-state index contributed by atoms with van der Waals surface area (Å²) in [6.07, 6.45) is 4.80. The minimum Gasteiger partial charge on any atom is -0.338 e. The summed E-state index contributed by atoms with van der Waals surface area (Å²) in [7, 11) is 0. The molecule has 3 aromatic rings. The number of thiophene rings is 1. The molecule has 2 aromatic heterocycles. The van der Waals surface area contributed by atoms with Gasteiger partial charge in [-0.15, -0.1) is 11.3 Å². The van der Waals surface area contributed by atoms with Crippen LogP contribution in [0.3, 0.4) is 0 Å². The van der Waals surface area contributed by atoms with Gasteiger partial charge in [-0.25, -0.2) is 9.97 Å². The van der Waals surface area contributed by atoms with E-state index in [2.05, 4.69) is 15.3 Å². The summed E-state index contributed by atoms with van der Waals surface area (Å²) in [5, 5.41) is 15.3. The zero-order valence-electron chi connectivity index (χ0n) is 11.9. The average molecular weight is 347 g/mol. The maximum atomic E-state index is 10.8. The van der Waals surface area contributed by atoms with E-state index in [9.17, 15) is 10.1 Å². The highest BCUT2D eigenvalue weighted by Gasteiger charge is 2.21. The van der Waals surface area contributed by atoms with Gasteiger partial charge in [-0.1, -0.05) is 11.6 Å². The number of nitro groups is 1. The molecule has 0 radical (unpaired) electrons. The Morgan fingerprint density at radius 1 is 1.30 bits per heavy atom. The lowest BCUT2D eigenvalue weighted by molar-refractivity contribution is -0.384. The topological polar surface area (TPSA) is 81.0 Å². The molecule has 0 saturated carbocycles. The molecule has 0 amide bonds. The second-order valence-electron chi connectivity index (χ2n) is 5.31. The number of hydrogen-bond acceptors (Lipinski definition) is 6.